The van der Waals surface area contributed by atoms with Gasteiger partial charge in [-0.15, -0.1) is 11.3 Å². The lowest BCUT2D eigenvalue weighted by Gasteiger charge is -2.39. The second-order valence-electron chi connectivity index (χ2n) is 7.00. The third-order valence-corrected chi connectivity index (χ3v) is 6.21. The normalized spacial score (nSPS) is 17.9. The first-order chi connectivity index (χ1) is 14.5. The predicted octanol–water partition coefficient (Wildman–Crippen LogP) is 4.08. The van der Waals surface area contributed by atoms with Crippen molar-refractivity contribution in [3.05, 3.63) is 87.6 Å². The Balaban J connectivity index is 1.70. The molecule has 4 rings (SSSR count). The van der Waals surface area contributed by atoms with Crippen molar-refractivity contribution in [2.45, 2.75) is 12.0 Å². The second kappa shape index (κ2) is 8.12. The van der Waals surface area contributed by atoms with E-state index in [9.17, 15) is 14.4 Å². The third-order valence-electron chi connectivity index (χ3n) is 5.27. The zero-order chi connectivity index (χ0) is 21.3. The number of benzene rings is 2. The molecule has 0 unspecified atom stereocenters. The smallest absolute Gasteiger partial charge is 0.337 e. The van der Waals surface area contributed by atoms with Crippen LogP contribution in [0.2, 0.25) is 0 Å². The van der Waals surface area contributed by atoms with Gasteiger partial charge < -0.3 is 15.0 Å². The molecule has 1 aliphatic rings. The maximum absolute atomic E-state index is 13.4. The van der Waals surface area contributed by atoms with Crippen LogP contribution in [0.4, 0.5) is 5.69 Å². The molecule has 0 saturated heterocycles. The van der Waals surface area contributed by atoms with Crippen LogP contribution in [0.5, 0.6) is 0 Å². The van der Waals surface area contributed by atoms with Crippen molar-refractivity contribution in [2.24, 2.45) is 0 Å². The van der Waals surface area contributed by atoms with Crippen LogP contribution in [-0.2, 0) is 9.53 Å². The van der Waals surface area contributed by atoms with Crippen molar-refractivity contribution in [3.63, 3.8) is 0 Å². The maximum atomic E-state index is 13.4. The standard InChI is InChI=1S/C23H20N2O4S/c1-25-20(18-8-5-13-30-18)19(16-6-3-4-7-17(16)22(25)27)21(26)24-15-11-9-14(10-12-15)23(28)29-2/h3-13,19-20H,1-2H3,(H,24,26)/t19-,20+/m0/s1. The molecule has 0 fully saturated rings. The van der Waals surface area contributed by atoms with Gasteiger partial charge in [0, 0.05) is 23.2 Å². The molecule has 3 aromatic rings. The number of esters is 1. The highest BCUT2D eigenvalue weighted by molar-refractivity contribution is 7.10. The fraction of sp³-hybridized carbons (Fsp3) is 0.174. The number of nitrogens with one attached hydrogen (secondary N) is 1. The van der Waals surface area contributed by atoms with E-state index in [0.29, 0.717) is 22.4 Å². The van der Waals surface area contributed by atoms with E-state index in [4.69, 9.17) is 4.74 Å². The van der Waals surface area contributed by atoms with E-state index in [2.05, 4.69) is 5.32 Å². The number of fused-ring (bicyclic) bond motifs is 1. The summed E-state index contributed by atoms with van der Waals surface area (Å²) in [5, 5.41) is 4.88. The van der Waals surface area contributed by atoms with Gasteiger partial charge in [0.25, 0.3) is 5.91 Å². The molecular formula is C23H20N2O4S. The van der Waals surface area contributed by atoms with E-state index >= 15 is 0 Å². The molecule has 1 N–H and O–H groups in total. The van der Waals surface area contributed by atoms with Crippen molar-refractivity contribution >= 4 is 34.8 Å². The summed E-state index contributed by atoms with van der Waals surface area (Å²) >= 11 is 1.52. The first-order valence-electron chi connectivity index (χ1n) is 9.40. The molecule has 2 heterocycles. The minimum Gasteiger partial charge on any atom is -0.465 e. The number of methoxy groups -OCH3 is 1. The van der Waals surface area contributed by atoms with Crippen molar-refractivity contribution in [3.8, 4) is 0 Å². The Bertz CT molecular complexity index is 1090. The van der Waals surface area contributed by atoms with Crippen LogP contribution in [0.15, 0.2) is 66.0 Å². The van der Waals surface area contributed by atoms with E-state index in [-0.39, 0.29) is 11.8 Å². The SMILES string of the molecule is COC(=O)c1ccc(NC(=O)[C@H]2c3ccccc3C(=O)N(C)[C@@H]2c2cccs2)cc1. The molecular weight excluding hydrogens is 400 g/mol. The van der Waals surface area contributed by atoms with Gasteiger partial charge in [0.15, 0.2) is 0 Å². The van der Waals surface area contributed by atoms with Gasteiger partial charge in [-0.2, -0.15) is 0 Å². The Morgan fingerprint density at radius 3 is 2.43 bits per heavy atom. The molecule has 30 heavy (non-hydrogen) atoms. The number of anilines is 1. The molecule has 0 aliphatic carbocycles. The Labute approximate surface area is 178 Å². The van der Waals surface area contributed by atoms with Crippen LogP contribution in [0.25, 0.3) is 0 Å². The summed E-state index contributed by atoms with van der Waals surface area (Å²) < 4.78 is 4.71. The third kappa shape index (κ3) is 3.48. The average molecular weight is 420 g/mol. The van der Waals surface area contributed by atoms with Crippen molar-refractivity contribution in [1.29, 1.82) is 0 Å². The molecule has 0 saturated carbocycles. The highest BCUT2D eigenvalue weighted by Crippen LogP contribution is 2.43. The number of likely N-dealkylation sites (N-methyl/N-ethyl adjacent to an activating group) is 1. The van der Waals surface area contributed by atoms with E-state index in [1.54, 1.807) is 48.3 Å². The van der Waals surface area contributed by atoms with Crippen LogP contribution in [0.3, 0.4) is 0 Å². The molecule has 0 spiro atoms. The fourth-order valence-electron chi connectivity index (χ4n) is 3.80. The molecule has 6 nitrogen and oxygen atoms in total. The number of carbonyl (C=O) groups is 3. The van der Waals surface area contributed by atoms with Crippen LogP contribution in [0, 0.1) is 0 Å². The van der Waals surface area contributed by atoms with Gasteiger partial charge >= 0.3 is 5.97 Å². The molecule has 1 aliphatic heterocycles. The summed E-state index contributed by atoms with van der Waals surface area (Å²) in [5.74, 6) is -1.32. The summed E-state index contributed by atoms with van der Waals surface area (Å²) in [6.07, 6.45) is 0. The van der Waals surface area contributed by atoms with Crippen LogP contribution in [-0.4, -0.2) is 36.8 Å². The van der Waals surface area contributed by atoms with Crippen molar-refractivity contribution in [1.82, 2.24) is 4.90 Å². The fourth-order valence-corrected chi connectivity index (χ4v) is 4.70. The Morgan fingerprint density at radius 2 is 1.77 bits per heavy atom. The van der Waals surface area contributed by atoms with E-state index in [1.165, 1.54) is 18.4 Å². The molecule has 0 radical (unpaired) electrons. The van der Waals surface area contributed by atoms with E-state index in [1.807, 2.05) is 29.6 Å². The number of amides is 2. The quantitative estimate of drug-likeness (QED) is 0.645. The lowest BCUT2D eigenvalue weighted by Crippen LogP contribution is -2.43. The topological polar surface area (TPSA) is 75.7 Å². The Hall–Kier alpha value is -3.45. The Morgan fingerprint density at radius 1 is 1.03 bits per heavy atom. The lowest BCUT2D eigenvalue weighted by molar-refractivity contribution is -0.119. The van der Waals surface area contributed by atoms with Gasteiger partial charge in [0.05, 0.1) is 24.6 Å². The molecule has 152 valence electrons. The number of hydrogen-bond acceptors (Lipinski definition) is 5. The van der Waals surface area contributed by atoms with Crippen molar-refractivity contribution in [2.75, 3.05) is 19.5 Å². The summed E-state index contributed by atoms with van der Waals surface area (Å²) in [6.45, 7) is 0. The zero-order valence-electron chi connectivity index (χ0n) is 16.5. The monoisotopic (exact) mass is 420 g/mol. The molecule has 2 atom stereocenters. The van der Waals surface area contributed by atoms with Gasteiger partial charge in [-0.3, -0.25) is 9.59 Å². The molecule has 0 bridgehead atoms. The average Bonchev–Trinajstić information content (AvgIpc) is 3.30. The summed E-state index contributed by atoms with van der Waals surface area (Å²) in [7, 11) is 3.05. The predicted molar refractivity (Wildman–Crippen MR) is 115 cm³/mol. The van der Waals surface area contributed by atoms with Gasteiger partial charge in [-0.05, 0) is 47.3 Å². The highest BCUT2D eigenvalue weighted by atomic mass is 32.1. The first kappa shape index (κ1) is 19.8. The second-order valence-corrected chi connectivity index (χ2v) is 7.98. The minimum absolute atomic E-state index is 0.101. The summed E-state index contributed by atoms with van der Waals surface area (Å²) in [6, 6.07) is 17.2. The van der Waals surface area contributed by atoms with Gasteiger partial charge in [0.2, 0.25) is 5.91 Å². The molecule has 2 amide bonds. The highest BCUT2D eigenvalue weighted by Gasteiger charge is 2.43. The largest absolute Gasteiger partial charge is 0.465 e. The summed E-state index contributed by atoms with van der Waals surface area (Å²) in [5.41, 5.74) is 2.21. The zero-order valence-corrected chi connectivity index (χ0v) is 17.3. The van der Waals surface area contributed by atoms with Crippen LogP contribution < -0.4 is 5.32 Å². The Kier molecular flexibility index (Phi) is 5.37. The number of nitrogens with zero attached hydrogens (tertiary/aromatic N) is 1. The number of ether oxygens (including phenoxy) is 1. The van der Waals surface area contributed by atoms with Crippen LogP contribution >= 0.6 is 11.3 Å². The van der Waals surface area contributed by atoms with Gasteiger partial charge in [-0.1, -0.05) is 24.3 Å². The maximum Gasteiger partial charge on any atom is 0.337 e. The summed E-state index contributed by atoms with van der Waals surface area (Å²) in [4.78, 5) is 40.6. The number of carbonyl (C=O) groups excluding carboxylic acids is 3. The number of thiophene rings is 1. The lowest BCUT2D eigenvalue weighted by atomic mass is 9.81. The van der Waals surface area contributed by atoms with E-state index in [0.717, 1.165) is 4.88 Å². The first-order valence-corrected chi connectivity index (χ1v) is 10.3. The van der Waals surface area contributed by atoms with Gasteiger partial charge in [-0.25, -0.2) is 4.79 Å². The van der Waals surface area contributed by atoms with Crippen molar-refractivity contribution < 1.29 is 19.1 Å². The van der Waals surface area contributed by atoms with E-state index < -0.39 is 17.9 Å². The van der Waals surface area contributed by atoms with Crippen LogP contribution in [0.1, 0.15) is 43.1 Å². The number of rotatable bonds is 4. The van der Waals surface area contributed by atoms with Gasteiger partial charge in [0.1, 0.15) is 0 Å². The number of hydrogen-bond donors (Lipinski definition) is 1. The minimum atomic E-state index is -0.567. The molecule has 2 aromatic carbocycles. The molecule has 7 heteroatoms. The molecule has 1 aromatic heterocycles.